The number of piperidine rings is 1. The van der Waals surface area contributed by atoms with Crippen molar-refractivity contribution in [1.29, 1.82) is 0 Å². The first-order chi connectivity index (χ1) is 10.9. The average Bonchev–Trinajstić information content (AvgIpc) is 2.96. The number of hydrogen-bond acceptors (Lipinski definition) is 6. The lowest BCUT2D eigenvalue weighted by Crippen LogP contribution is -2.48. The summed E-state index contributed by atoms with van der Waals surface area (Å²) in [5, 5.41) is 4.27. The molecule has 0 saturated carbocycles. The molecule has 1 saturated heterocycles. The maximum Gasteiger partial charge on any atom is 0.358 e. The van der Waals surface area contributed by atoms with Gasteiger partial charge in [0.2, 0.25) is 10.0 Å². The molecule has 1 fully saturated rings. The molecule has 0 amide bonds. The minimum atomic E-state index is -3.09. The molecule has 128 valence electrons. The van der Waals surface area contributed by atoms with Crippen molar-refractivity contribution in [3.05, 3.63) is 17.5 Å². The van der Waals surface area contributed by atoms with Gasteiger partial charge in [-0.2, -0.15) is 5.10 Å². The third-order valence-corrected chi connectivity index (χ3v) is 5.93. The molecule has 1 aromatic rings. The maximum atomic E-state index is 11.6. The molecule has 9 heteroatoms. The van der Waals surface area contributed by atoms with Gasteiger partial charge in [-0.3, -0.25) is 9.58 Å². The van der Waals surface area contributed by atoms with Crippen molar-refractivity contribution < 1.29 is 17.9 Å². The Balaban J connectivity index is 1.64. The molecule has 1 aromatic heterocycles. The Kier molecular flexibility index (Phi) is 4.43. The Hall–Kier alpha value is -1.45. The number of rotatable bonds is 3. The lowest BCUT2D eigenvalue weighted by molar-refractivity contribution is 0.0592. The number of esters is 1. The third kappa shape index (κ3) is 3.41. The highest BCUT2D eigenvalue weighted by molar-refractivity contribution is 7.88. The van der Waals surface area contributed by atoms with Crippen molar-refractivity contribution in [3.8, 4) is 0 Å². The van der Waals surface area contributed by atoms with Crippen LogP contribution < -0.4 is 0 Å². The highest BCUT2D eigenvalue weighted by atomic mass is 32.2. The smallest absolute Gasteiger partial charge is 0.358 e. The molecule has 3 rings (SSSR count). The second-order valence-corrected chi connectivity index (χ2v) is 8.08. The Morgan fingerprint density at radius 3 is 2.57 bits per heavy atom. The van der Waals surface area contributed by atoms with Crippen LogP contribution in [0.5, 0.6) is 0 Å². The van der Waals surface area contributed by atoms with Crippen LogP contribution in [-0.4, -0.2) is 72.4 Å². The Bertz CT molecular complexity index is 692. The second kappa shape index (κ2) is 6.21. The summed E-state index contributed by atoms with van der Waals surface area (Å²) in [4.78, 5) is 13.9. The molecule has 0 atom stereocenters. The van der Waals surface area contributed by atoms with Gasteiger partial charge in [0.1, 0.15) is 0 Å². The van der Waals surface area contributed by atoms with E-state index < -0.39 is 16.0 Å². The van der Waals surface area contributed by atoms with Gasteiger partial charge in [-0.05, 0) is 18.9 Å². The number of methoxy groups -OCH3 is 1. The van der Waals surface area contributed by atoms with Gasteiger partial charge >= 0.3 is 5.97 Å². The van der Waals surface area contributed by atoms with Crippen molar-refractivity contribution in [3.63, 3.8) is 0 Å². The molecule has 2 aliphatic rings. The number of hydrogen-bond donors (Lipinski definition) is 0. The van der Waals surface area contributed by atoms with E-state index in [0.29, 0.717) is 24.8 Å². The molecule has 0 spiro atoms. The Morgan fingerprint density at radius 1 is 1.26 bits per heavy atom. The van der Waals surface area contributed by atoms with E-state index in [4.69, 9.17) is 4.74 Å². The molecular weight excluding hydrogens is 320 g/mol. The zero-order chi connectivity index (χ0) is 16.6. The number of carbonyl (C=O) groups excluding carboxylic acids is 1. The largest absolute Gasteiger partial charge is 0.464 e. The fourth-order valence-electron chi connectivity index (χ4n) is 3.34. The van der Waals surface area contributed by atoms with Gasteiger partial charge in [0.25, 0.3) is 0 Å². The summed E-state index contributed by atoms with van der Waals surface area (Å²) < 4.78 is 31.3. The molecule has 8 nitrogen and oxygen atoms in total. The Labute approximate surface area is 136 Å². The standard InChI is InChI=1S/C14H22N4O4S/c1-22-14(19)13-9-12-10-16(7-8-18(12)15-13)11-3-5-17(6-4-11)23(2,20)21/h9,11H,3-8,10H2,1-2H3. The highest BCUT2D eigenvalue weighted by Gasteiger charge is 2.31. The number of aromatic nitrogens is 2. The van der Waals surface area contributed by atoms with E-state index in [2.05, 4.69) is 10.00 Å². The van der Waals surface area contributed by atoms with Crippen LogP contribution in [0.4, 0.5) is 0 Å². The summed E-state index contributed by atoms with van der Waals surface area (Å²) in [6.07, 6.45) is 2.94. The summed E-state index contributed by atoms with van der Waals surface area (Å²) in [6.45, 7) is 3.48. The van der Waals surface area contributed by atoms with E-state index in [1.165, 1.54) is 13.4 Å². The zero-order valence-electron chi connectivity index (χ0n) is 13.4. The first kappa shape index (κ1) is 16.4. The molecule has 2 aliphatic heterocycles. The summed E-state index contributed by atoms with van der Waals surface area (Å²) in [6, 6.07) is 2.15. The normalized spacial score (nSPS) is 21.1. The minimum absolute atomic E-state index is 0.344. The highest BCUT2D eigenvalue weighted by Crippen LogP contribution is 2.23. The SMILES string of the molecule is COC(=O)c1cc2n(n1)CCN(C1CCN(S(C)(=O)=O)CC1)C2. The van der Waals surface area contributed by atoms with Crippen molar-refractivity contribution in [2.24, 2.45) is 0 Å². The monoisotopic (exact) mass is 342 g/mol. The van der Waals surface area contributed by atoms with Gasteiger partial charge in [-0.1, -0.05) is 0 Å². The Morgan fingerprint density at radius 2 is 1.96 bits per heavy atom. The van der Waals surface area contributed by atoms with Crippen molar-refractivity contribution in [2.75, 3.05) is 33.0 Å². The second-order valence-electron chi connectivity index (χ2n) is 6.10. The van der Waals surface area contributed by atoms with Crippen LogP contribution in [0.3, 0.4) is 0 Å². The quantitative estimate of drug-likeness (QED) is 0.714. The number of carbonyl (C=O) groups is 1. The molecular formula is C14H22N4O4S. The topological polar surface area (TPSA) is 84.7 Å². The van der Waals surface area contributed by atoms with Crippen LogP contribution >= 0.6 is 0 Å². The molecule has 0 aliphatic carbocycles. The predicted octanol–water partition coefficient (Wildman–Crippen LogP) is -0.0907. The molecule has 23 heavy (non-hydrogen) atoms. The lowest BCUT2D eigenvalue weighted by atomic mass is 10.0. The van der Waals surface area contributed by atoms with Gasteiger partial charge < -0.3 is 4.74 Å². The van der Waals surface area contributed by atoms with Gasteiger partial charge in [-0.25, -0.2) is 17.5 Å². The molecule has 0 N–H and O–H groups in total. The average molecular weight is 342 g/mol. The van der Waals surface area contributed by atoms with Crippen molar-refractivity contribution in [2.45, 2.75) is 32.0 Å². The van der Waals surface area contributed by atoms with E-state index in [1.54, 1.807) is 10.4 Å². The lowest BCUT2D eigenvalue weighted by Gasteiger charge is -2.39. The minimum Gasteiger partial charge on any atom is -0.464 e. The molecule has 0 bridgehead atoms. The first-order valence-corrected chi connectivity index (χ1v) is 9.57. The van der Waals surface area contributed by atoms with Gasteiger partial charge in [0, 0.05) is 32.2 Å². The molecule has 0 radical (unpaired) electrons. The van der Waals surface area contributed by atoms with Crippen molar-refractivity contribution >= 4 is 16.0 Å². The molecule has 3 heterocycles. The van der Waals surface area contributed by atoms with Gasteiger partial charge in [0.05, 0.1) is 25.6 Å². The van der Waals surface area contributed by atoms with Crippen LogP contribution in [-0.2, 0) is 27.8 Å². The van der Waals surface area contributed by atoms with E-state index in [-0.39, 0.29) is 0 Å². The van der Waals surface area contributed by atoms with Crippen LogP contribution in [0.2, 0.25) is 0 Å². The number of fused-ring (bicyclic) bond motifs is 1. The zero-order valence-corrected chi connectivity index (χ0v) is 14.3. The molecule has 0 aromatic carbocycles. The van der Waals surface area contributed by atoms with Crippen LogP contribution in [0.1, 0.15) is 29.0 Å². The molecule has 0 unspecified atom stereocenters. The van der Waals surface area contributed by atoms with E-state index in [9.17, 15) is 13.2 Å². The predicted molar refractivity (Wildman–Crippen MR) is 83.4 cm³/mol. The van der Waals surface area contributed by atoms with Gasteiger partial charge in [-0.15, -0.1) is 0 Å². The van der Waals surface area contributed by atoms with E-state index >= 15 is 0 Å². The summed E-state index contributed by atoms with van der Waals surface area (Å²) in [7, 11) is -1.74. The van der Waals surface area contributed by atoms with Crippen LogP contribution in [0, 0.1) is 0 Å². The maximum absolute atomic E-state index is 11.6. The van der Waals surface area contributed by atoms with Crippen LogP contribution in [0.15, 0.2) is 6.07 Å². The van der Waals surface area contributed by atoms with Crippen LogP contribution in [0.25, 0.3) is 0 Å². The fraction of sp³-hybridized carbons (Fsp3) is 0.714. The number of ether oxygens (including phenoxy) is 1. The van der Waals surface area contributed by atoms with Crippen molar-refractivity contribution in [1.82, 2.24) is 19.0 Å². The number of sulfonamides is 1. The van der Waals surface area contributed by atoms with Gasteiger partial charge in [0.15, 0.2) is 5.69 Å². The number of nitrogens with zero attached hydrogens (tertiary/aromatic N) is 4. The summed E-state index contributed by atoms with van der Waals surface area (Å²) >= 11 is 0. The third-order valence-electron chi connectivity index (χ3n) is 4.63. The first-order valence-electron chi connectivity index (χ1n) is 7.72. The van der Waals surface area contributed by atoms with E-state index in [0.717, 1.165) is 38.2 Å². The summed E-state index contributed by atoms with van der Waals surface area (Å²) in [5.74, 6) is -0.417. The fourth-order valence-corrected chi connectivity index (χ4v) is 4.22. The summed E-state index contributed by atoms with van der Waals surface area (Å²) in [5.41, 5.74) is 1.35. The van der Waals surface area contributed by atoms with E-state index in [1.807, 2.05) is 4.68 Å².